The maximum atomic E-state index is 11.7. The van der Waals surface area contributed by atoms with E-state index in [1.54, 1.807) is 13.8 Å². The van der Waals surface area contributed by atoms with Crippen LogP contribution in [-0.2, 0) is 4.79 Å². The van der Waals surface area contributed by atoms with Gasteiger partial charge in [0.15, 0.2) is 0 Å². The second kappa shape index (κ2) is 7.95. The van der Waals surface area contributed by atoms with Crippen LogP contribution < -0.4 is 10.6 Å². The topological polar surface area (TPSA) is 78.4 Å². The van der Waals surface area contributed by atoms with Gasteiger partial charge in [-0.15, -0.1) is 0 Å². The first-order valence-electron chi connectivity index (χ1n) is 6.63. The highest BCUT2D eigenvalue weighted by Gasteiger charge is 2.24. The van der Waals surface area contributed by atoms with Crippen LogP contribution in [0.1, 0.15) is 47.5 Å². The summed E-state index contributed by atoms with van der Waals surface area (Å²) in [5.41, 5.74) is 0. The van der Waals surface area contributed by atoms with E-state index in [4.69, 9.17) is 5.11 Å². The molecule has 0 aliphatic heterocycles. The van der Waals surface area contributed by atoms with Gasteiger partial charge in [0, 0.05) is 6.04 Å². The number of carboxylic acid groups (broad SMARTS) is 1. The number of rotatable bonds is 7. The molecule has 2 amide bonds. The Morgan fingerprint density at radius 2 is 1.56 bits per heavy atom. The molecule has 5 heteroatoms. The summed E-state index contributed by atoms with van der Waals surface area (Å²) in [6, 6.07) is -1.21. The number of carbonyl (C=O) groups is 2. The van der Waals surface area contributed by atoms with Gasteiger partial charge in [-0.3, -0.25) is 0 Å². The molecule has 0 heterocycles. The zero-order valence-corrected chi connectivity index (χ0v) is 12.0. The van der Waals surface area contributed by atoms with Crippen LogP contribution in [-0.4, -0.2) is 29.2 Å². The maximum absolute atomic E-state index is 11.7. The number of urea groups is 1. The molecule has 1 unspecified atom stereocenters. The quantitative estimate of drug-likeness (QED) is 0.655. The van der Waals surface area contributed by atoms with E-state index in [2.05, 4.69) is 24.5 Å². The molecular weight excluding hydrogens is 232 g/mol. The molecule has 0 aliphatic carbocycles. The summed E-state index contributed by atoms with van der Waals surface area (Å²) in [6.07, 6.45) is 1.98. The van der Waals surface area contributed by atoms with E-state index in [-0.39, 0.29) is 12.0 Å². The molecule has 0 bridgehead atoms. The summed E-state index contributed by atoms with van der Waals surface area (Å²) in [7, 11) is 0. The maximum Gasteiger partial charge on any atom is 0.326 e. The highest BCUT2D eigenvalue weighted by molar-refractivity contribution is 5.82. The van der Waals surface area contributed by atoms with Gasteiger partial charge >= 0.3 is 12.0 Å². The number of aliphatic carboxylic acids is 1. The van der Waals surface area contributed by atoms with E-state index < -0.39 is 18.0 Å². The number of hydrogen-bond donors (Lipinski definition) is 3. The first-order chi connectivity index (χ1) is 8.33. The minimum atomic E-state index is -1.00. The highest BCUT2D eigenvalue weighted by Crippen LogP contribution is 2.12. The highest BCUT2D eigenvalue weighted by atomic mass is 16.4. The van der Waals surface area contributed by atoms with Crippen molar-refractivity contribution in [3.63, 3.8) is 0 Å². The molecule has 5 nitrogen and oxygen atoms in total. The molecule has 0 saturated heterocycles. The minimum absolute atomic E-state index is 0.0432. The zero-order valence-electron chi connectivity index (χ0n) is 12.0. The Hall–Kier alpha value is -1.26. The lowest BCUT2D eigenvalue weighted by Gasteiger charge is -2.24. The van der Waals surface area contributed by atoms with Gasteiger partial charge in [0.25, 0.3) is 0 Å². The molecule has 2 atom stereocenters. The van der Waals surface area contributed by atoms with E-state index in [9.17, 15) is 9.59 Å². The molecule has 0 fully saturated rings. The SMILES string of the molecule is CCC(CC)C(C)NC(=O)N[C@H](C(=O)O)C(C)C. The largest absolute Gasteiger partial charge is 0.480 e. The van der Waals surface area contributed by atoms with Crippen molar-refractivity contribution in [3.05, 3.63) is 0 Å². The monoisotopic (exact) mass is 258 g/mol. The summed E-state index contributed by atoms with van der Waals surface area (Å²) in [4.78, 5) is 22.7. The Morgan fingerprint density at radius 3 is 1.89 bits per heavy atom. The molecule has 0 radical (unpaired) electrons. The average molecular weight is 258 g/mol. The molecular formula is C13H26N2O3. The van der Waals surface area contributed by atoms with Gasteiger partial charge in [-0.2, -0.15) is 0 Å². The standard InChI is InChI=1S/C13H26N2O3/c1-6-10(7-2)9(5)14-13(18)15-11(8(3)4)12(16)17/h8-11H,6-7H2,1-5H3,(H,16,17)(H2,14,15,18)/t9?,11-/m0/s1. The lowest BCUT2D eigenvalue weighted by atomic mass is 9.96. The Kier molecular flexibility index (Phi) is 7.39. The van der Waals surface area contributed by atoms with Crippen LogP contribution in [0.25, 0.3) is 0 Å². The molecule has 0 aliphatic rings. The van der Waals surface area contributed by atoms with Crippen LogP contribution in [0.3, 0.4) is 0 Å². The summed E-state index contributed by atoms with van der Waals surface area (Å²) in [5.74, 6) is -0.731. The smallest absolute Gasteiger partial charge is 0.326 e. The van der Waals surface area contributed by atoms with E-state index in [1.807, 2.05) is 6.92 Å². The van der Waals surface area contributed by atoms with E-state index in [1.165, 1.54) is 0 Å². The van der Waals surface area contributed by atoms with Gasteiger partial charge in [-0.25, -0.2) is 9.59 Å². The van der Waals surface area contributed by atoms with Crippen molar-refractivity contribution in [2.75, 3.05) is 0 Å². The van der Waals surface area contributed by atoms with Gasteiger partial charge in [0.2, 0.25) is 0 Å². The average Bonchev–Trinajstić information content (AvgIpc) is 2.26. The molecule has 0 saturated carbocycles. The van der Waals surface area contributed by atoms with Gasteiger partial charge < -0.3 is 15.7 Å². The molecule has 106 valence electrons. The van der Waals surface area contributed by atoms with Crippen LogP contribution in [0.5, 0.6) is 0 Å². The van der Waals surface area contributed by atoms with Crippen molar-refractivity contribution >= 4 is 12.0 Å². The van der Waals surface area contributed by atoms with Gasteiger partial charge in [0.1, 0.15) is 6.04 Å². The van der Waals surface area contributed by atoms with Crippen LogP contribution in [0.4, 0.5) is 4.79 Å². The predicted octanol–water partition coefficient (Wildman–Crippen LogP) is 2.22. The Labute approximate surface area is 109 Å². The first kappa shape index (κ1) is 16.7. The van der Waals surface area contributed by atoms with Gasteiger partial charge in [0.05, 0.1) is 0 Å². The lowest BCUT2D eigenvalue weighted by molar-refractivity contribution is -0.140. The van der Waals surface area contributed by atoms with Crippen molar-refractivity contribution in [2.45, 2.75) is 59.5 Å². The molecule has 0 aromatic heterocycles. The second-order valence-corrected chi connectivity index (χ2v) is 5.04. The zero-order chi connectivity index (χ0) is 14.3. The Balaban J connectivity index is 4.36. The van der Waals surface area contributed by atoms with Crippen LogP contribution in [0.15, 0.2) is 0 Å². The van der Waals surface area contributed by atoms with Crippen molar-refractivity contribution in [1.82, 2.24) is 10.6 Å². The molecule has 0 rings (SSSR count). The third-order valence-electron chi connectivity index (χ3n) is 3.33. The summed E-state index contributed by atoms with van der Waals surface area (Å²) < 4.78 is 0. The summed E-state index contributed by atoms with van der Waals surface area (Å²) >= 11 is 0. The molecule has 0 aromatic carbocycles. The fourth-order valence-corrected chi connectivity index (χ4v) is 2.02. The van der Waals surface area contributed by atoms with Crippen LogP contribution in [0, 0.1) is 11.8 Å². The van der Waals surface area contributed by atoms with E-state index in [0.29, 0.717) is 5.92 Å². The van der Waals surface area contributed by atoms with Crippen LogP contribution >= 0.6 is 0 Å². The molecule has 18 heavy (non-hydrogen) atoms. The van der Waals surface area contributed by atoms with Crippen molar-refractivity contribution in [3.8, 4) is 0 Å². The van der Waals surface area contributed by atoms with Crippen molar-refractivity contribution < 1.29 is 14.7 Å². The normalized spacial score (nSPS) is 14.4. The molecule has 3 N–H and O–H groups in total. The number of hydrogen-bond acceptors (Lipinski definition) is 2. The third kappa shape index (κ3) is 5.38. The van der Waals surface area contributed by atoms with Crippen molar-refractivity contribution in [1.29, 1.82) is 0 Å². The second-order valence-electron chi connectivity index (χ2n) is 5.04. The summed E-state index contributed by atoms with van der Waals surface area (Å²) in [6.45, 7) is 9.64. The van der Waals surface area contributed by atoms with E-state index >= 15 is 0 Å². The number of carbonyl (C=O) groups excluding carboxylic acids is 1. The van der Waals surface area contributed by atoms with Gasteiger partial charge in [-0.1, -0.05) is 40.5 Å². The number of carboxylic acids is 1. The fraction of sp³-hybridized carbons (Fsp3) is 0.846. The minimum Gasteiger partial charge on any atom is -0.480 e. The molecule has 0 aromatic rings. The van der Waals surface area contributed by atoms with E-state index in [0.717, 1.165) is 12.8 Å². The summed E-state index contributed by atoms with van der Waals surface area (Å²) in [5, 5.41) is 14.3. The Morgan fingerprint density at radius 1 is 1.06 bits per heavy atom. The third-order valence-corrected chi connectivity index (χ3v) is 3.33. The molecule has 0 spiro atoms. The first-order valence-corrected chi connectivity index (χ1v) is 6.63. The predicted molar refractivity (Wildman–Crippen MR) is 71.5 cm³/mol. The van der Waals surface area contributed by atoms with Crippen LogP contribution in [0.2, 0.25) is 0 Å². The van der Waals surface area contributed by atoms with Crippen molar-refractivity contribution in [2.24, 2.45) is 11.8 Å². The number of amides is 2. The fourth-order valence-electron chi connectivity index (χ4n) is 2.02. The van der Waals surface area contributed by atoms with Gasteiger partial charge in [-0.05, 0) is 18.8 Å². The Bertz CT molecular complexity index is 275. The lowest BCUT2D eigenvalue weighted by Crippen LogP contribution is -2.51. The number of nitrogens with one attached hydrogen (secondary N) is 2.